The van der Waals surface area contributed by atoms with Crippen LogP contribution >= 0.6 is 0 Å². The van der Waals surface area contributed by atoms with Crippen LogP contribution in [0.25, 0.3) is 0 Å². The van der Waals surface area contributed by atoms with Gasteiger partial charge in [-0.1, -0.05) is 0 Å². The van der Waals surface area contributed by atoms with Crippen LogP contribution in [0.4, 0.5) is 0 Å². The molecule has 0 aliphatic rings. The van der Waals surface area contributed by atoms with Crippen LogP contribution in [0.2, 0.25) is 0 Å². The second-order valence-corrected chi connectivity index (χ2v) is 4.40. The Labute approximate surface area is 132 Å². The number of hydrogen-bond acceptors (Lipinski definition) is 5. The maximum absolute atomic E-state index is 11.9. The summed E-state index contributed by atoms with van der Waals surface area (Å²) in [7, 11) is 0. The quantitative estimate of drug-likeness (QED) is 0.624. The third-order valence-corrected chi connectivity index (χ3v) is 2.85. The molecule has 0 fully saturated rings. The molecule has 2 rings (SSSR count). The van der Waals surface area contributed by atoms with E-state index in [-0.39, 0.29) is 5.71 Å². The van der Waals surface area contributed by atoms with E-state index in [0.717, 1.165) is 0 Å². The molecule has 2 N–H and O–H groups in total. The number of carboxylic acid groups (broad SMARTS) is 1. The lowest BCUT2D eigenvalue weighted by Gasteiger charge is -2.06. The van der Waals surface area contributed by atoms with E-state index in [4.69, 9.17) is 4.74 Å². The first-order chi connectivity index (χ1) is 11.1. The number of hydrogen-bond donors (Lipinski definition) is 2. The molecule has 0 radical (unpaired) electrons. The van der Waals surface area contributed by atoms with Crippen LogP contribution in [0.15, 0.2) is 53.9 Å². The van der Waals surface area contributed by atoms with Crippen LogP contribution in [0.5, 0.6) is 5.75 Å². The molecule has 1 aromatic heterocycles. The molecule has 0 saturated carbocycles. The molecule has 23 heavy (non-hydrogen) atoms. The van der Waals surface area contributed by atoms with Gasteiger partial charge in [-0.15, -0.1) is 0 Å². The molecule has 1 aromatic carbocycles. The highest BCUT2D eigenvalue weighted by Gasteiger charge is 2.14. The molecule has 0 unspecified atom stereocenters. The summed E-state index contributed by atoms with van der Waals surface area (Å²) in [5.41, 5.74) is 2.65. The predicted molar refractivity (Wildman–Crippen MR) is 83.5 cm³/mol. The summed E-state index contributed by atoms with van der Waals surface area (Å²) in [6.07, 6.45) is 2.92. The van der Waals surface area contributed by atoms with Gasteiger partial charge in [0.15, 0.2) is 5.71 Å². The van der Waals surface area contributed by atoms with Crippen molar-refractivity contribution in [3.63, 3.8) is 0 Å². The number of amides is 1. The highest BCUT2D eigenvalue weighted by Crippen LogP contribution is 2.13. The van der Waals surface area contributed by atoms with Crippen molar-refractivity contribution in [2.75, 3.05) is 6.61 Å². The number of rotatable bonds is 6. The number of carbonyl (C=O) groups is 2. The van der Waals surface area contributed by atoms with Gasteiger partial charge in [0.1, 0.15) is 5.75 Å². The highest BCUT2D eigenvalue weighted by atomic mass is 16.5. The Morgan fingerprint density at radius 3 is 2.35 bits per heavy atom. The fourth-order valence-corrected chi connectivity index (χ4v) is 1.79. The first-order valence-electron chi connectivity index (χ1n) is 6.86. The number of ether oxygens (including phenoxy) is 1. The molecule has 0 aliphatic heterocycles. The van der Waals surface area contributed by atoms with E-state index in [1.807, 2.05) is 6.92 Å². The first kappa shape index (κ1) is 16.2. The van der Waals surface area contributed by atoms with Gasteiger partial charge in [-0.2, -0.15) is 5.10 Å². The van der Waals surface area contributed by atoms with E-state index in [9.17, 15) is 14.7 Å². The van der Waals surface area contributed by atoms with Gasteiger partial charge < -0.3 is 9.84 Å². The Morgan fingerprint density at radius 1 is 1.13 bits per heavy atom. The molecule has 0 saturated heterocycles. The Bertz CT molecular complexity index is 712. The number of aliphatic carboxylic acids is 1. The van der Waals surface area contributed by atoms with E-state index in [2.05, 4.69) is 15.5 Å². The van der Waals surface area contributed by atoms with E-state index < -0.39 is 11.9 Å². The van der Waals surface area contributed by atoms with Crippen molar-refractivity contribution in [3.05, 3.63) is 59.9 Å². The van der Waals surface area contributed by atoms with Gasteiger partial charge in [0.25, 0.3) is 5.91 Å². The monoisotopic (exact) mass is 313 g/mol. The number of carbonyl (C=O) groups excluding carboxylic acids is 1. The maximum atomic E-state index is 11.9. The average molecular weight is 313 g/mol. The van der Waals surface area contributed by atoms with Crippen molar-refractivity contribution in [1.82, 2.24) is 10.4 Å². The fraction of sp³-hybridized carbons (Fsp3) is 0.125. The van der Waals surface area contributed by atoms with Crippen molar-refractivity contribution in [1.29, 1.82) is 0 Å². The van der Waals surface area contributed by atoms with Gasteiger partial charge in [0, 0.05) is 23.5 Å². The Hall–Kier alpha value is -3.22. The number of pyridine rings is 1. The molecule has 0 aliphatic carbocycles. The SMILES string of the molecule is CCOc1ccc(/C(=N\NC(=O)c2ccncc2)C(=O)O)cc1. The van der Waals surface area contributed by atoms with Crippen LogP contribution in [0.3, 0.4) is 0 Å². The van der Waals surface area contributed by atoms with Gasteiger partial charge >= 0.3 is 5.97 Å². The molecular weight excluding hydrogens is 298 g/mol. The number of aromatic nitrogens is 1. The van der Waals surface area contributed by atoms with Gasteiger partial charge in [-0.05, 0) is 43.3 Å². The van der Waals surface area contributed by atoms with Crippen LogP contribution < -0.4 is 10.2 Å². The van der Waals surface area contributed by atoms with Crippen molar-refractivity contribution in [2.45, 2.75) is 6.92 Å². The molecule has 1 amide bonds. The van der Waals surface area contributed by atoms with Gasteiger partial charge in [0.2, 0.25) is 0 Å². The largest absolute Gasteiger partial charge is 0.494 e. The minimum atomic E-state index is -1.25. The molecule has 0 spiro atoms. The van der Waals surface area contributed by atoms with Gasteiger partial charge in [-0.25, -0.2) is 10.2 Å². The number of nitrogens with zero attached hydrogens (tertiary/aromatic N) is 2. The fourth-order valence-electron chi connectivity index (χ4n) is 1.79. The Morgan fingerprint density at radius 2 is 1.78 bits per heavy atom. The lowest BCUT2D eigenvalue weighted by Crippen LogP contribution is -2.24. The van der Waals surface area contributed by atoms with Crippen molar-refractivity contribution in [3.8, 4) is 5.75 Å². The smallest absolute Gasteiger partial charge is 0.356 e. The van der Waals surface area contributed by atoms with Crippen LogP contribution in [-0.2, 0) is 4.79 Å². The summed E-state index contributed by atoms with van der Waals surface area (Å²) in [6.45, 7) is 2.37. The minimum absolute atomic E-state index is 0.268. The molecule has 2 aromatic rings. The lowest BCUT2D eigenvalue weighted by molar-refractivity contribution is -0.129. The van der Waals surface area contributed by atoms with Gasteiger partial charge in [-0.3, -0.25) is 9.78 Å². The molecule has 0 atom stereocenters. The number of benzene rings is 1. The van der Waals surface area contributed by atoms with Crippen molar-refractivity contribution in [2.24, 2.45) is 5.10 Å². The van der Waals surface area contributed by atoms with Crippen molar-refractivity contribution >= 4 is 17.6 Å². The summed E-state index contributed by atoms with van der Waals surface area (Å²) in [6, 6.07) is 9.42. The van der Waals surface area contributed by atoms with E-state index in [0.29, 0.717) is 23.5 Å². The normalized spacial score (nSPS) is 10.9. The summed E-state index contributed by atoms with van der Waals surface area (Å²) in [4.78, 5) is 27.0. The highest BCUT2D eigenvalue weighted by molar-refractivity contribution is 6.42. The molecule has 0 bridgehead atoms. The van der Waals surface area contributed by atoms with E-state index in [1.54, 1.807) is 24.3 Å². The molecule has 7 nitrogen and oxygen atoms in total. The summed E-state index contributed by atoms with van der Waals surface area (Å²) >= 11 is 0. The minimum Gasteiger partial charge on any atom is -0.494 e. The standard InChI is InChI=1S/C16H15N3O4/c1-2-23-13-5-3-11(4-6-13)14(16(21)22)18-19-15(20)12-7-9-17-10-8-12/h3-10H,2H2,1H3,(H,19,20)(H,21,22)/b18-14+. The third kappa shape index (κ3) is 4.37. The lowest BCUT2D eigenvalue weighted by atomic mass is 10.1. The zero-order chi connectivity index (χ0) is 16.7. The second kappa shape index (κ2) is 7.69. The van der Waals surface area contributed by atoms with E-state index >= 15 is 0 Å². The third-order valence-electron chi connectivity index (χ3n) is 2.85. The maximum Gasteiger partial charge on any atom is 0.356 e. The van der Waals surface area contributed by atoms with E-state index in [1.165, 1.54) is 24.5 Å². The predicted octanol–water partition coefficient (Wildman–Crippen LogP) is 1.70. The van der Waals surface area contributed by atoms with Crippen molar-refractivity contribution < 1.29 is 19.4 Å². The number of hydrazone groups is 1. The zero-order valence-corrected chi connectivity index (χ0v) is 12.4. The summed E-state index contributed by atoms with van der Waals surface area (Å²) < 4.78 is 5.29. The first-order valence-corrected chi connectivity index (χ1v) is 6.86. The second-order valence-electron chi connectivity index (χ2n) is 4.40. The molecular formula is C16H15N3O4. The topological polar surface area (TPSA) is 101 Å². The summed E-state index contributed by atoms with van der Waals surface area (Å²) in [5.74, 6) is -1.14. The Kier molecular flexibility index (Phi) is 5.40. The molecule has 7 heteroatoms. The number of nitrogens with one attached hydrogen (secondary N) is 1. The van der Waals surface area contributed by atoms with Crippen LogP contribution in [0.1, 0.15) is 22.8 Å². The van der Waals surface area contributed by atoms with Gasteiger partial charge in [0.05, 0.1) is 6.61 Å². The summed E-state index contributed by atoms with van der Waals surface area (Å²) in [5, 5.41) is 13.0. The van der Waals surface area contributed by atoms with Crippen LogP contribution in [-0.4, -0.2) is 34.3 Å². The molecule has 1 heterocycles. The number of carboxylic acids is 1. The zero-order valence-electron chi connectivity index (χ0n) is 12.4. The Balaban J connectivity index is 2.17. The van der Waals surface area contributed by atoms with Crippen LogP contribution in [0, 0.1) is 0 Å². The molecule has 118 valence electrons. The average Bonchev–Trinajstić information content (AvgIpc) is 2.57.